The summed E-state index contributed by atoms with van der Waals surface area (Å²) in [6, 6.07) is 11.0. The Hall–Kier alpha value is -1.08. The second kappa shape index (κ2) is 5.86. The molecule has 0 bridgehead atoms. The van der Waals surface area contributed by atoms with Crippen LogP contribution in [0.3, 0.4) is 0 Å². The minimum absolute atomic E-state index is 0.459. The van der Waals surface area contributed by atoms with Crippen molar-refractivity contribution in [3.63, 3.8) is 0 Å². The molecule has 1 atom stereocenters. The van der Waals surface area contributed by atoms with Crippen LogP contribution >= 0.6 is 0 Å². The van der Waals surface area contributed by atoms with Gasteiger partial charge in [-0.25, -0.2) is 0 Å². The van der Waals surface area contributed by atoms with Crippen LogP contribution in [-0.4, -0.2) is 25.0 Å². The third-order valence-corrected chi connectivity index (χ3v) is 2.88. The van der Waals surface area contributed by atoms with E-state index in [2.05, 4.69) is 69.8 Å². The van der Waals surface area contributed by atoms with E-state index in [-0.39, 0.29) is 0 Å². The molecule has 0 saturated carbocycles. The molecule has 1 aromatic carbocycles. The summed E-state index contributed by atoms with van der Waals surface area (Å²) in [7, 11) is 4.25. The lowest BCUT2D eigenvalue weighted by Gasteiger charge is -2.30. The third kappa shape index (κ3) is 3.49. The van der Waals surface area contributed by atoms with Crippen LogP contribution in [0.4, 0.5) is 0 Å². The molecule has 0 heterocycles. The molecular formula is C15H23N. The Bertz CT molecular complexity index is 317. The summed E-state index contributed by atoms with van der Waals surface area (Å²) in [6.45, 7) is 8.75. The molecule has 0 radical (unpaired) electrons. The van der Waals surface area contributed by atoms with Gasteiger partial charge in [0.15, 0.2) is 0 Å². The van der Waals surface area contributed by atoms with Crippen molar-refractivity contribution in [2.24, 2.45) is 5.92 Å². The lowest BCUT2D eigenvalue weighted by Crippen LogP contribution is -2.34. The van der Waals surface area contributed by atoms with E-state index in [1.54, 1.807) is 0 Å². The third-order valence-electron chi connectivity index (χ3n) is 2.88. The van der Waals surface area contributed by atoms with Crippen LogP contribution in [0.1, 0.15) is 19.4 Å². The van der Waals surface area contributed by atoms with Gasteiger partial charge < -0.3 is 4.90 Å². The van der Waals surface area contributed by atoms with Gasteiger partial charge in [0.05, 0.1) is 0 Å². The monoisotopic (exact) mass is 217 g/mol. The van der Waals surface area contributed by atoms with E-state index in [4.69, 9.17) is 0 Å². The van der Waals surface area contributed by atoms with Crippen molar-refractivity contribution < 1.29 is 0 Å². The normalized spacial score (nSPS) is 13.1. The highest BCUT2D eigenvalue weighted by atomic mass is 15.1. The fourth-order valence-corrected chi connectivity index (χ4v) is 2.40. The smallest absolute Gasteiger partial charge is 0.0325 e. The molecule has 1 rings (SSSR count). The first-order chi connectivity index (χ1) is 7.52. The van der Waals surface area contributed by atoms with Crippen molar-refractivity contribution >= 4 is 0 Å². The molecule has 1 unspecified atom stereocenters. The quantitative estimate of drug-likeness (QED) is 0.683. The molecule has 1 aromatic rings. The van der Waals surface area contributed by atoms with Crippen molar-refractivity contribution in [3.05, 3.63) is 48.0 Å². The van der Waals surface area contributed by atoms with Gasteiger partial charge in [-0.15, -0.1) is 0 Å². The van der Waals surface area contributed by atoms with E-state index in [9.17, 15) is 0 Å². The van der Waals surface area contributed by atoms with Gasteiger partial charge in [-0.2, -0.15) is 0 Å². The Morgan fingerprint density at radius 2 is 1.75 bits per heavy atom. The predicted molar refractivity (Wildman–Crippen MR) is 71.6 cm³/mol. The van der Waals surface area contributed by atoms with E-state index in [0.29, 0.717) is 12.0 Å². The molecule has 16 heavy (non-hydrogen) atoms. The lowest BCUT2D eigenvalue weighted by atomic mass is 9.91. The van der Waals surface area contributed by atoms with Crippen LogP contribution < -0.4 is 0 Å². The van der Waals surface area contributed by atoms with Crippen molar-refractivity contribution in [1.82, 2.24) is 4.90 Å². The minimum atomic E-state index is 0.459. The van der Waals surface area contributed by atoms with Gasteiger partial charge in [0.25, 0.3) is 0 Å². The molecule has 1 nitrogen and oxygen atoms in total. The summed E-state index contributed by atoms with van der Waals surface area (Å²) in [6.07, 6.45) is 0.974. The lowest BCUT2D eigenvalue weighted by molar-refractivity contribution is 0.264. The number of benzene rings is 1. The van der Waals surface area contributed by atoms with E-state index < -0.39 is 0 Å². The van der Waals surface area contributed by atoms with Gasteiger partial charge in [-0.3, -0.25) is 0 Å². The SMILES string of the molecule is C=C(Cc1ccccc1)C(C(C)C)N(C)C. The maximum Gasteiger partial charge on any atom is 0.0325 e. The zero-order valence-electron chi connectivity index (χ0n) is 10.9. The largest absolute Gasteiger partial charge is 0.302 e. The molecule has 0 aliphatic heterocycles. The van der Waals surface area contributed by atoms with Crippen LogP contribution in [0.25, 0.3) is 0 Å². The zero-order valence-corrected chi connectivity index (χ0v) is 10.9. The Labute approximate surface area is 99.8 Å². The highest BCUT2D eigenvalue weighted by molar-refractivity contribution is 5.23. The van der Waals surface area contributed by atoms with E-state index in [1.165, 1.54) is 11.1 Å². The second-order valence-electron chi connectivity index (χ2n) is 4.97. The van der Waals surface area contributed by atoms with Gasteiger partial charge in [0.1, 0.15) is 0 Å². The zero-order chi connectivity index (χ0) is 12.1. The van der Waals surface area contributed by atoms with Crippen LogP contribution in [0.5, 0.6) is 0 Å². The first-order valence-electron chi connectivity index (χ1n) is 5.90. The Kier molecular flexibility index (Phi) is 4.75. The molecular weight excluding hydrogens is 194 g/mol. The van der Waals surface area contributed by atoms with Crippen LogP contribution in [0.2, 0.25) is 0 Å². The molecule has 0 aromatic heterocycles. The Morgan fingerprint density at radius 1 is 1.19 bits per heavy atom. The average molecular weight is 217 g/mol. The predicted octanol–water partition coefficient (Wildman–Crippen LogP) is 3.37. The van der Waals surface area contributed by atoms with Crippen molar-refractivity contribution in [2.75, 3.05) is 14.1 Å². The first-order valence-corrected chi connectivity index (χ1v) is 5.90. The van der Waals surface area contributed by atoms with Crippen molar-refractivity contribution in [2.45, 2.75) is 26.3 Å². The number of rotatable bonds is 5. The topological polar surface area (TPSA) is 3.24 Å². The van der Waals surface area contributed by atoms with E-state index >= 15 is 0 Å². The summed E-state index contributed by atoms with van der Waals surface area (Å²) in [4.78, 5) is 2.26. The van der Waals surface area contributed by atoms with Crippen LogP contribution in [0, 0.1) is 5.92 Å². The molecule has 0 saturated heterocycles. The number of hydrogen-bond donors (Lipinski definition) is 0. The van der Waals surface area contributed by atoms with Gasteiger partial charge in [-0.1, -0.05) is 56.3 Å². The Balaban J connectivity index is 2.70. The fourth-order valence-electron chi connectivity index (χ4n) is 2.40. The molecule has 0 aliphatic rings. The minimum Gasteiger partial charge on any atom is -0.302 e. The highest BCUT2D eigenvalue weighted by Crippen LogP contribution is 2.19. The molecule has 0 N–H and O–H groups in total. The number of hydrogen-bond acceptors (Lipinski definition) is 1. The maximum atomic E-state index is 4.25. The van der Waals surface area contributed by atoms with Crippen LogP contribution in [-0.2, 0) is 6.42 Å². The first kappa shape index (κ1) is 13.0. The van der Waals surface area contributed by atoms with Crippen molar-refractivity contribution in [1.29, 1.82) is 0 Å². The molecule has 0 amide bonds. The van der Waals surface area contributed by atoms with E-state index in [0.717, 1.165) is 6.42 Å². The molecule has 0 aliphatic carbocycles. The Morgan fingerprint density at radius 3 is 2.19 bits per heavy atom. The van der Waals surface area contributed by atoms with E-state index in [1.807, 2.05) is 0 Å². The fraction of sp³-hybridized carbons (Fsp3) is 0.467. The molecule has 1 heteroatoms. The molecule has 88 valence electrons. The average Bonchev–Trinajstić information content (AvgIpc) is 2.17. The summed E-state index contributed by atoms with van der Waals surface area (Å²) in [5.74, 6) is 0.603. The number of nitrogens with zero attached hydrogens (tertiary/aromatic N) is 1. The second-order valence-corrected chi connectivity index (χ2v) is 4.97. The van der Waals surface area contributed by atoms with Gasteiger partial charge in [0.2, 0.25) is 0 Å². The molecule has 0 spiro atoms. The standard InChI is InChI=1S/C15H23N/c1-12(2)15(16(4)5)13(3)11-14-9-7-6-8-10-14/h6-10,12,15H,3,11H2,1-2,4-5H3. The maximum absolute atomic E-state index is 4.25. The van der Waals surface area contributed by atoms with Gasteiger partial charge >= 0.3 is 0 Å². The van der Waals surface area contributed by atoms with Gasteiger partial charge in [-0.05, 0) is 32.0 Å². The summed E-state index contributed by atoms with van der Waals surface area (Å²) in [5, 5.41) is 0. The molecule has 0 fully saturated rings. The summed E-state index contributed by atoms with van der Waals surface area (Å²) in [5.41, 5.74) is 2.64. The summed E-state index contributed by atoms with van der Waals surface area (Å²) < 4.78 is 0. The number of likely N-dealkylation sites (N-methyl/N-ethyl adjacent to an activating group) is 1. The highest BCUT2D eigenvalue weighted by Gasteiger charge is 2.18. The van der Waals surface area contributed by atoms with Gasteiger partial charge in [0, 0.05) is 6.04 Å². The van der Waals surface area contributed by atoms with Crippen LogP contribution in [0.15, 0.2) is 42.5 Å². The van der Waals surface area contributed by atoms with Crippen molar-refractivity contribution in [3.8, 4) is 0 Å². The summed E-state index contributed by atoms with van der Waals surface area (Å²) >= 11 is 0.